The molecule has 0 radical (unpaired) electrons. The molecular formula is C30H27FN4O3. The van der Waals surface area contributed by atoms with E-state index in [1.807, 2.05) is 66.3 Å². The molecular weight excluding hydrogens is 483 g/mol. The van der Waals surface area contributed by atoms with Gasteiger partial charge < -0.3 is 14.6 Å². The van der Waals surface area contributed by atoms with Gasteiger partial charge in [-0.3, -0.25) is 14.6 Å². The number of nitrogens with one attached hydrogen (secondary N) is 1. The topological polar surface area (TPSA) is 85.6 Å². The molecule has 38 heavy (non-hydrogen) atoms. The molecule has 0 aliphatic carbocycles. The van der Waals surface area contributed by atoms with Crippen LogP contribution >= 0.6 is 0 Å². The number of aromatic nitrogens is 2. The van der Waals surface area contributed by atoms with Crippen molar-refractivity contribution in [3.8, 4) is 11.4 Å². The fraction of sp³-hybridized carbons (Fsp3) is 0.200. The van der Waals surface area contributed by atoms with E-state index in [1.165, 1.54) is 12.1 Å². The molecule has 1 N–H and O–H groups in total. The number of anilines is 1. The Morgan fingerprint density at radius 2 is 1.95 bits per heavy atom. The van der Waals surface area contributed by atoms with E-state index >= 15 is 0 Å². The first-order valence-electron chi connectivity index (χ1n) is 12.4. The molecule has 8 heteroatoms. The fourth-order valence-corrected chi connectivity index (χ4v) is 4.64. The van der Waals surface area contributed by atoms with Gasteiger partial charge in [0.05, 0.1) is 18.0 Å². The van der Waals surface area contributed by atoms with Gasteiger partial charge in [-0.05, 0) is 72.5 Å². The Morgan fingerprint density at radius 3 is 2.68 bits per heavy atom. The fourth-order valence-electron chi connectivity index (χ4n) is 4.64. The summed E-state index contributed by atoms with van der Waals surface area (Å²) in [7, 11) is 1.93. The molecule has 1 aromatic heterocycles. The van der Waals surface area contributed by atoms with Crippen LogP contribution in [-0.4, -0.2) is 33.7 Å². The summed E-state index contributed by atoms with van der Waals surface area (Å²) in [4.78, 5) is 34.4. The number of rotatable bonds is 8. The predicted molar refractivity (Wildman–Crippen MR) is 144 cm³/mol. The average molecular weight is 511 g/mol. The molecule has 0 fully saturated rings. The molecule has 5 rings (SSSR count). The van der Waals surface area contributed by atoms with Gasteiger partial charge >= 0.3 is 5.97 Å². The van der Waals surface area contributed by atoms with Crippen molar-refractivity contribution in [1.82, 2.24) is 9.55 Å². The summed E-state index contributed by atoms with van der Waals surface area (Å²) in [5, 5.41) is 2.79. The van der Waals surface area contributed by atoms with E-state index < -0.39 is 11.7 Å². The number of carbonyl (C=O) groups excluding carboxylic acids is 2. The van der Waals surface area contributed by atoms with Gasteiger partial charge in [0.2, 0.25) is 5.91 Å². The number of ether oxygens (including phenoxy) is 1. The quantitative estimate of drug-likeness (QED) is 0.248. The van der Waals surface area contributed by atoms with Crippen LogP contribution in [-0.2, 0) is 27.8 Å². The SMILES string of the molecule is CCOC(=O)CCc1cccc(C(=Nc2ccc(-c3nccn3C)cc2)C2C(=O)Nc3cc(F)ccc32)c1. The van der Waals surface area contributed by atoms with Gasteiger partial charge in [0.15, 0.2) is 0 Å². The maximum absolute atomic E-state index is 13.9. The van der Waals surface area contributed by atoms with Crippen LogP contribution in [0.5, 0.6) is 0 Å². The number of hydrogen-bond acceptors (Lipinski definition) is 5. The summed E-state index contributed by atoms with van der Waals surface area (Å²) in [6, 6.07) is 19.6. The van der Waals surface area contributed by atoms with Gasteiger partial charge in [0, 0.05) is 37.1 Å². The lowest BCUT2D eigenvalue weighted by Gasteiger charge is -2.15. The third kappa shape index (κ3) is 5.25. The molecule has 1 atom stereocenters. The summed E-state index contributed by atoms with van der Waals surface area (Å²) in [5.74, 6) is -0.841. The molecule has 2 heterocycles. The Bertz CT molecular complexity index is 1520. The molecule has 7 nitrogen and oxygen atoms in total. The van der Waals surface area contributed by atoms with Crippen molar-refractivity contribution in [3.05, 3.63) is 102 Å². The second-order valence-electron chi connectivity index (χ2n) is 9.06. The molecule has 1 unspecified atom stereocenters. The number of amides is 1. The zero-order chi connectivity index (χ0) is 26.6. The van der Waals surface area contributed by atoms with Crippen molar-refractivity contribution >= 4 is 29.0 Å². The van der Waals surface area contributed by atoms with Crippen LogP contribution in [0.3, 0.4) is 0 Å². The highest BCUT2D eigenvalue weighted by atomic mass is 19.1. The second-order valence-corrected chi connectivity index (χ2v) is 9.06. The molecule has 0 saturated carbocycles. The largest absolute Gasteiger partial charge is 0.466 e. The van der Waals surface area contributed by atoms with E-state index in [0.29, 0.717) is 35.7 Å². The van der Waals surface area contributed by atoms with E-state index in [-0.39, 0.29) is 18.3 Å². The summed E-state index contributed by atoms with van der Waals surface area (Å²) in [6.45, 7) is 2.12. The van der Waals surface area contributed by atoms with Crippen molar-refractivity contribution < 1.29 is 18.7 Å². The van der Waals surface area contributed by atoms with Gasteiger partial charge in [-0.15, -0.1) is 0 Å². The lowest BCUT2D eigenvalue weighted by molar-refractivity contribution is -0.143. The van der Waals surface area contributed by atoms with Crippen molar-refractivity contribution in [1.29, 1.82) is 0 Å². The minimum Gasteiger partial charge on any atom is -0.466 e. The van der Waals surface area contributed by atoms with Crippen LogP contribution in [0.4, 0.5) is 15.8 Å². The third-order valence-electron chi connectivity index (χ3n) is 6.46. The highest BCUT2D eigenvalue weighted by molar-refractivity contribution is 6.24. The maximum Gasteiger partial charge on any atom is 0.306 e. The summed E-state index contributed by atoms with van der Waals surface area (Å²) in [5.41, 5.74) is 4.92. The van der Waals surface area contributed by atoms with Gasteiger partial charge in [0.1, 0.15) is 17.6 Å². The molecule has 0 saturated heterocycles. The van der Waals surface area contributed by atoms with Crippen LogP contribution in [0.25, 0.3) is 11.4 Å². The zero-order valence-corrected chi connectivity index (χ0v) is 21.1. The normalized spacial score (nSPS) is 14.8. The zero-order valence-electron chi connectivity index (χ0n) is 21.1. The van der Waals surface area contributed by atoms with Crippen LogP contribution in [0.1, 0.15) is 36.0 Å². The minimum atomic E-state index is -0.722. The van der Waals surface area contributed by atoms with Gasteiger partial charge in [-0.1, -0.05) is 24.3 Å². The number of carbonyl (C=O) groups is 2. The Labute approximate surface area is 220 Å². The Kier molecular flexibility index (Phi) is 7.13. The highest BCUT2D eigenvalue weighted by Crippen LogP contribution is 2.37. The molecule has 1 aliphatic heterocycles. The predicted octanol–water partition coefficient (Wildman–Crippen LogP) is 5.58. The van der Waals surface area contributed by atoms with Gasteiger partial charge in [-0.25, -0.2) is 9.37 Å². The highest BCUT2D eigenvalue weighted by Gasteiger charge is 2.35. The van der Waals surface area contributed by atoms with E-state index in [0.717, 1.165) is 22.5 Å². The molecule has 192 valence electrons. The number of halogens is 1. The number of aliphatic imine (C=N–C) groups is 1. The van der Waals surface area contributed by atoms with Crippen molar-refractivity contribution in [2.45, 2.75) is 25.7 Å². The van der Waals surface area contributed by atoms with Gasteiger partial charge in [-0.2, -0.15) is 0 Å². The van der Waals surface area contributed by atoms with Crippen molar-refractivity contribution in [2.75, 3.05) is 11.9 Å². The van der Waals surface area contributed by atoms with E-state index in [9.17, 15) is 14.0 Å². The van der Waals surface area contributed by atoms with Crippen LogP contribution < -0.4 is 5.32 Å². The standard InChI is InChI=1S/C30H27FN4O3/c1-3-38-26(36)14-7-19-5-4-6-21(17-19)28(27-24-13-10-22(31)18-25(24)34-30(27)37)33-23-11-8-20(9-12-23)29-32-15-16-35(29)2/h4-6,8-13,15-18,27H,3,7,14H2,1-2H3,(H,34,37). The molecule has 1 amide bonds. The lowest BCUT2D eigenvalue weighted by Crippen LogP contribution is -2.22. The molecule has 4 aromatic rings. The first kappa shape index (κ1) is 25.1. The van der Waals surface area contributed by atoms with Crippen LogP contribution in [0.2, 0.25) is 0 Å². The number of aryl methyl sites for hydroxylation is 2. The lowest BCUT2D eigenvalue weighted by atomic mass is 9.89. The Balaban J connectivity index is 1.54. The molecule has 0 bridgehead atoms. The molecule has 3 aromatic carbocycles. The van der Waals surface area contributed by atoms with Gasteiger partial charge in [0.25, 0.3) is 0 Å². The number of esters is 1. The van der Waals surface area contributed by atoms with Crippen molar-refractivity contribution in [3.63, 3.8) is 0 Å². The van der Waals surface area contributed by atoms with Crippen LogP contribution in [0, 0.1) is 5.82 Å². The third-order valence-corrected chi connectivity index (χ3v) is 6.46. The molecule has 1 aliphatic rings. The van der Waals surface area contributed by atoms with E-state index in [4.69, 9.17) is 9.73 Å². The second kappa shape index (κ2) is 10.8. The van der Waals surface area contributed by atoms with Crippen LogP contribution in [0.15, 0.2) is 84.1 Å². The number of imidazole rings is 1. The maximum atomic E-state index is 13.9. The average Bonchev–Trinajstić information content (AvgIpc) is 3.48. The number of hydrogen-bond donors (Lipinski definition) is 1. The summed E-state index contributed by atoms with van der Waals surface area (Å²) in [6.07, 6.45) is 4.38. The Hall–Kier alpha value is -4.59. The van der Waals surface area contributed by atoms with Crippen molar-refractivity contribution in [2.24, 2.45) is 12.0 Å². The summed E-state index contributed by atoms with van der Waals surface area (Å²) < 4.78 is 20.9. The summed E-state index contributed by atoms with van der Waals surface area (Å²) >= 11 is 0. The minimum absolute atomic E-state index is 0.254. The molecule has 0 spiro atoms. The number of benzene rings is 3. The monoisotopic (exact) mass is 510 g/mol. The van der Waals surface area contributed by atoms with E-state index in [1.54, 1.807) is 19.2 Å². The number of fused-ring (bicyclic) bond motifs is 1. The Morgan fingerprint density at radius 1 is 1.13 bits per heavy atom. The number of nitrogens with zero attached hydrogens (tertiary/aromatic N) is 3. The first-order valence-corrected chi connectivity index (χ1v) is 12.4. The smallest absolute Gasteiger partial charge is 0.306 e. The first-order chi connectivity index (χ1) is 18.4. The van der Waals surface area contributed by atoms with E-state index in [2.05, 4.69) is 10.3 Å².